The van der Waals surface area contributed by atoms with Crippen LogP contribution in [0.5, 0.6) is 5.75 Å². The molecule has 3 aromatic rings. The summed E-state index contributed by atoms with van der Waals surface area (Å²) in [6, 6.07) is 22.5. The molecule has 1 atom stereocenters. The Balaban J connectivity index is 2.04. The fraction of sp³-hybridized carbons (Fsp3) is 0.0556. The molecule has 3 heteroatoms. The summed E-state index contributed by atoms with van der Waals surface area (Å²) in [5.74, 6) is 0.137. The van der Waals surface area contributed by atoms with Crippen molar-refractivity contribution in [1.82, 2.24) is 0 Å². The van der Waals surface area contributed by atoms with Gasteiger partial charge in [-0.15, -0.1) is 0 Å². The number of rotatable bonds is 3. The minimum absolute atomic E-state index is 0.137. The Labute approximate surface area is 123 Å². The number of aromatic hydroxyl groups is 1. The van der Waals surface area contributed by atoms with Gasteiger partial charge in [-0.25, -0.2) is 0 Å². The topological polar surface area (TPSA) is 56.0 Å². The number of phenols is 1. The maximum atomic E-state index is 9.84. The van der Waals surface area contributed by atoms with Crippen molar-refractivity contribution in [3.8, 4) is 11.8 Å². The monoisotopic (exact) mass is 274 g/mol. The lowest BCUT2D eigenvalue weighted by molar-refractivity contribution is 0.477. The highest BCUT2D eigenvalue weighted by Gasteiger charge is 2.14. The van der Waals surface area contributed by atoms with Gasteiger partial charge in [-0.2, -0.15) is 5.26 Å². The zero-order valence-corrected chi connectivity index (χ0v) is 11.3. The molecule has 0 spiro atoms. The van der Waals surface area contributed by atoms with Crippen LogP contribution in [0.2, 0.25) is 0 Å². The second kappa shape index (κ2) is 5.56. The van der Waals surface area contributed by atoms with Crippen molar-refractivity contribution < 1.29 is 5.11 Å². The van der Waals surface area contributed by atoms with Crippen LogP contribution in [0.15, 0.2) is 66.7 Å². The van der Waals surface area contributed by atoms with E-state index in [1.54, 1.807) is 18.2 Å². The summed E-state index contributed by atoms with van der Waals surface area (Å²) in [6.07, 6.45) is 0. The van der Waals surface area contributed by atoms with E-state index in [2.05, 4.69) is 11.4 Å². The SMILES string of the molecule is N#CC(Nc1ccccc1O)c1cccc2ccccc12. The van der Waals surface area contributed by atoms with E-state index in [1.165, 1.54) is 0 Å². The molecule has 102 valence electrons. The third kappa shape index (κ3) is 2.52. The van der Waals surface area contributed by atoms with Gasteiger partial charge >= 0.3 is 0 Å². The molecule has 0 amide bonds. The number of nitrogens with one attached hydrogen (secondary N) is 1. The largest absolute Gasteiger partial charge is 0.506 e. The molecule has 0 radical (unpaired) electrons. The van der Waals surface area contributed by atoms with Crippen molar-refractivity contribution in [2.45, 2.75) is 6.04 Å². The van der Waals surface area contributed by atoms with Crippen molar-refractivity contribution >= 4 is 16.5 Å². The molecule has 21 heavy (non-hydrogen) atoms. The van der Waals surface area contributed by atoms with Gasteiger partial charge in [-0.3, -0.25) is 0 Å². The van der Waals surface area contributed by atoms with E-state index in [-0.39, 0.29) is 5.75 Å². The van der Waals surface area contributed by atoms with E-state index in [1.807, 2.05) is 48.5 Å². The lowest BCUT2D eigenvalue weighted by Crippen LogP contribution is -2.09. The second-order valence-electron chi connectivity index (χ2n) is 4.79. The average Bonchev–Trinajstić information content (AvgIpc) is 2.54. The van der Waals surface area contributed by atoms with Gasteiger partial charge in [0.2, 0.25) is 0 Å². The Bertz CT molecular complexity index is 815. The first kappa shape index (κ1) is 13.0. The first-order valence-electron chi connectivity index (χ1n) is 6.71. The zero-order chi connectivity index (χ0) is 14.7. The minimum Gasteiger partial charge on any atom is -0.506 e. The van der Waals surface area contributed by atoms with Gasteiger partial charge < -0.3 is 10.4 Å². The smallest absolute Gasteiger partial charge is 0.140 e. The van der Waals surface area contributed by atoms with Crippen LogP contribution in [-0.2, 0) is 0 Å². The molecule has 0 saturated carbocycles. The number of benzene rings is 3. The normalized spacial score (nSPS) is 11.8. The van der Waals surface area contributed by atoms with E-state index >= 15 is 0 Å². The van der Waals surface area contributed by atoms with E-state index in [4.69, 9.17) is 0 Å². The summed E-state index contributed by atoms with van der Waals surface area (Å²) in [6.45, 7) is 0. The third-order valence-corrected chi connectivity index (χ3v) is 3.47. The molecule has 0 fully saturated rings. The van der Waals surface area contributed by atoms with Gasteiger partial charge in [0, 0.05) is 0 Å². The van der Waals surface area contributed by atoms with Gasteiger partial charge in [0.05, 0.1) is 11.8 Å². The van der Waals surface area contributed by atoms with E-state index in [0.717, 1.165) is 16.3 Å². The van der Waals surface area contributed by atoms with E-state index in [0.29, 0.717) is 5.69 Å². The number of para-hydroxylation sites is 2. The van der Waals surface area contributed by atoms with Crippen molar-refractivity contribution in [3.63, 3.8) is 0 Å². The molecule has 3 aromatic carbocycles. The Kier molecular flexibility index (Phi) is 3.44. The second-order valence-corrected chi connectivity index (χ2v) is 4.79. The summed E-state index contributed by atoms with van der Waals surface area (Å²) < 4.78 is 0. The summed E-state index contributed by atoms with van der Waals surface area (Å²) in [4.78, 5) is 0. The maximum Gasteiger partial charge on any atom is 0.140 e. The van der Waals surface area contributed by atoms with Crippen LogP contribution in [0.1, 0.15) is 11.6 Å². The molecule has 0 aliphatic carbocycles. The summed E-state index contributed by atoms with van der Waals surface area (Å²) in [7, 11) is 0. The van der Waals surface area contributed by atoms with Crippen molar-refractivity contribution in [1.29, 1.82) is 5.26 Å². The van der Waals surface area contributed by atoms with E-state index < -0.39 is 6.04 Å². The highest BCUT2D eigenvalue weighted by Crippen LogP contribution is 2.30. The van der Waals surface area contributed by atoms with Crippen LogP contribution in [-0.4, -0.2) is 5.11 Å². The molecule has 0 aliphatic heterocycles. The molecule has 2 N–H and O–H groups in total. The van der Waals surface area contributed by atoms with Crippen LogP contribution in [0.3, 0.4) is 0 Å². The molecule has 3 nitrogen and oxygen atoms in total. The molecule has 0 heterocycles. The third-order valence-electron chi connectivity index (χ3n) is 3.47. The predicted octanol–water partition coefficient (Wildman–Crippen LogP) is 4.22. The molecule has 3 rings (SSSR count). The minimum atomic E-state index is -0.524. The number of nitrogens with zero attached hydrogens (tertiary/aromatic N) is 1. The fourth-order valence-corrected chi connectivity index (χ4v) is 2.43. The summed E-state index contributed by atoms with van der Waals surface area (Å²) in [5.41, 5.74) is 1.45. The Morgan fingerprint density at radius 1 is 0.905 bits per heavy atom. The van der Waals surface area contributed by atoms with Crippen molar-refractivity contribution in [2.75, 3.05) is 5.32 Å². The Morgan fingerprint density at radius 3 is 2.43 bits per heavy atom. The highest BCUT2D eigenvalue weighted by atomic mass is 16.3. The molecule has 0 aliphatic rings. The molecular weight excluding hydrogens is 260 g/mol. The first-order chi connectivity index (χ1) is 10.3. The van der Waals surface area contributed by atoms with E-state index in [9.17, 15) is 10.4 Å². The number of phenolic OH excluding ortho intramolecular Hbond substituents is 1. The number of fused-ring (bicyclic) bond motifs is 1. The van der Waals surface area contributed by atoms with Gasteiger partial charge in [0.25, 0.3) is 0 Å². The predicted molar refractivity (Wildman–Crippen MR) is 84.0 cm³/mol. The lowest BCUT2D eigenvalue weighted by Gasteiger charge is -2.16. The quantitative estimate of drug-likeness (QED) is 0.703. The average molecular weight is 274 g/mol. The van der Waals surface area contributed by atoms with Crippen molar-refractivity contribution in [3.05, 3.63) is 72.3 Å². The number of anilines is 1. The standard InChI is InChI=1S/C18H14N2O/c19-12-17(20-16-10-3-4-11-18(16)21)15-9-5-7-13-6-1-2-8-14(13)15/h1-11,17,20-21H. The Hall–Kier alpha value is -2.99. The zero-order valence-electron chi connectivity index (χ0n) is 11.3. The van der Waals surface area contributed by atoms with Crippen LogP contribution in [0, 0.1) is 11.3 Å². The molecular formula is C18H14N2O. The van der Waals surface area contributed by atoms with Gasteiger partial charge in [-0.1, -0.05) is 54.6 Å². The lowest BCUT2D eigenvalue weighted by atomic mass is 9.99. The molecule has 1 unspecified atom stereocenters. The molecule has 0 aromatic heterocycles. The first-order valence-corrected chi connectivity index (χ1v) is 6.71. The Morgan fingerprint density at radius 2 is 1.62 bits per heavy atom. The van der Waals surface area contributed by atoms with Crippen LogP contribution < -0.4 is 5.32 Å². The van der Waals surface area contributed by atoms with Crippen LogP contribution in [0.4, 0.5) is 5.69 Å². The summed E-state index contributed by atoms with van der Waals surface area (Å²) >= 11 is 0. The molecule has 0 saturated heterocycles. The van der Waals surface area contributed by atoms with Gasteiger partial charge in [0.1, 0.15) is 11.8 Å². The number of hydrogen-bond donors (Lipinski definition) is 2. The number of nitriles is 1. The van der Waals surface area contributed by atoms with Gasteiger partial charge in [0.15, 0.2) is 0 Å². The summed E-state index contributed by atoms with van der Waals surface area (Å²) in [5, 5.41) is 24.6. The number of hydrogen-bond acceptors (Lipinski definition) is 3. The maximum absolute atomic E-state index is 9.84. The van der Waals surface area contributed by atoms with Crippen LogP contribution >= 0.6 is 0 Å². The van der Waals surface area contributed by atoms with Gasteiger partial charge in [-0.05, 0) is 28.5 Å². The highest BCUT2D eigenvalue weighted by molar-refractivity contribution is 5.86. The fourth-order valence-electron chi connectivity index (χ4n) is 2.43. The molecule has 0 bridgehead atoms. The van der Waals surface area contributed by atoms with Crippen LogP contribution in [0.25, 0.3) is 10.8 Å². The van der Waals surface area contributed by atoms with Crippen molar-refractivity contribution in [2.24, 2.45) is 0 Å².